The fraction of sp³-hybridized carbons (Fsp3) is 0.312. The van der Waals surface area contributed by atoms with E-state index in [1.807, 2.05) is 20.8 Å². The van der Waals surface area contributed by atoms with Crippen LogP contribution in [0.4, 0.5) is 5.13 Å². The van der Waals surface area contributed by atoms with Gasteiger partial charge in [0, 0.05) is 5.56 Å². The van der Waals surface area contributed by atoms with Crippen LogP contribution in [-0.4, -0.2) is 54.2 Å². The summed E-state index contributed by atoms with van der Waals surface area (Å²) in [5, 5.41) is 11.6. The van der Waals surface area contributed by atoms with Crippen molar-refractivity contribution in [3.05, 3.63) is 82.4 Å². The zero-order valence-electron chi connectivity index (χ0n) is 24.5. The third-order valence-corrected chi connectivity index (χ3v) is 7.57. The van der Waals surface area contributed by atoms with Gasteiger partial charge < -0.3 is 24.1 Å². The van der Waals surface area contributed by atoms with Gasteiger partial charge in [0.25, 0.3) is 5.78 Å². The molecule has 43 heavy (non-hydrogen) atoms. The van der Waals surface area contributed by atoms with Crippen LogP contribution >= 0.6 is 11.3 Å². The summed E-state index contributed by atoms with van der Waals surface area (Å²) in [7, 11) is 0. The zero-order chi connectivity index (χ0) is 31.1. The number of rotatable bonds is 13. The molecule has 1 atom stereocenters. The van der Waals surface area contributed by atoms with E-state index in [0.29, 0.717) is 53.9 Å². The number of aliphatic hydroxyl groups excluding tert-OH is 1. The van der Waals surface area contributed by atoms with Gasteiger partial charge in [0.15, 0.2) is 16.6 Å². The molecule has 2 aromatic carbocycles. The molecule has 0 aliphatic carbocycles. The van der Waals surface area contributed by atoms with Crippen LogP contribution in [-0.2, 0) is 14.3 Å². The lowest BCUT2D eigenvalue weighted by atomic mass is 9.95. The number of esters is 1. The van der Waals surface area contributed by atoms with E-state index in [-0.39, 0.29) is 27.9 Å². The van der Waals surface area contributed by atoms with Crippen molar-refractivity contribution in [1.29, 1.82) is 0 Å². The van der Waals surface area contributed by atoms with Gasteiger partial charge >= 0.3 is 11.9 Å². The van der Waals surface area contributed by atoms with Crippen molar-refractivity contribution in [2.24, 2.45) is 0 Å². The number of anilines is 1. The van der Waals surface area contributed by atoms with Crippen LogP contribution in [0.25, 0.3) is 5.76 Å². The zero-order valence-corrected chi connectivity index (χ0v) is 25.4. The number of hydrogen-bond donors (Lipinski definition) is 1. The van der Waals surface area contributed by atoms with Crippen molar-refractivity contribution >= 4 is 39.9 Å². The second-order valence-electron chi connectivity index (χ2n) is 9.41. The van der Waals surface area contributed by atoms with Crippen molar-refractivity contribution in [2.45, 2.75) is 40.2 Å². The first-order valence-electron chi connectivity index (χ1n) is 13.9. The highest BCUT2D eigenvalue weighted by atomic mass is 32.1. The van der Waals surface area contributed by atoms with E-state index in [2.05, 4.69) is 11.6 Å². The molecule has 4 rings (SSSR count). The molecule has 0 spiro atoms. The molecule has 2 heterocycles. The number of carbonyl (C=O) groups excluding carboxylic acids is 3. The van der Waals surface area contributed by atoms with Gasteiger partial charge in [-0.05, 0) is 69.2 Å². The van der Waals surface area contributed by atoms with E-state index >= 15 is 0 Å². The minimum atomic E-state index is -1.09. The van der Waals surface area contributed by atoms with Crippen LogP contribution in [0.5, 0.6) is 17.2 Å². The van der Waals surface area contributed by atoms with Crippen molar-refractivity contribution in [1.82, 2.24) is 4.98 Å². The van der Waals surface area contributed by atoms with Gasteiger partial charge in [0.2, 0.25) is 0 Å². The Morgan fingerprint density at radius 3 is 2.42 bits per heavy atom. The number of aryl methyl sites for hydroxylation is 1. The molecule has 1 unspecified atom stereocenters. The quantitative estimate of drug-likeness (QED) is 0.0819. The molecule has 1 fully saturated rings. The van der Waals surface area contributed by atoms with Gasteiger partial charge in [-0.25, -0.2) is 9.78 Å². The first-order valence-corrected chi connectivity index (χ1v) is 14.8. The normalized spacial score (nSPS) is 15.8. The lowest BCUT2D eigenvalue weighted by molar-refractivity contribution is -0.132. The highest BCUT2D eigenvalue weighted by Crippen LogP contribution is 2.45. The number of nitrogens with zero attached hydrogens (tertiary/aromatic N) is 2. The first kappa shape index (κ1) is 31.3. The van der Waals surface area contributed by atoms with E-state index in [4.69, 9.17) is 18.9 Å². The minimum Gasteiger partial charge on any atom is -0.507 e. The van der Waals surface area contributed by atoms with Crippen molar-refractivity contribution in [3.8, 4) is 17.2 Å². The molecule has 226 valence electrons. The summed E-state index contributed by atoms with van der Waals surface area (Å²) >= 11 is 0.921. The predicted molar refractivity (Wildman–Crippen MR) is 163 cm³/mol. The average Bonchev–Trinajstić information content (AvgIpc) is 3.51. The second-order valence-corrected chi connectivity index (χ2v) is 10.4. The molecule has 1 N–H and O–H groups in total. The maximum Gasteiger partial charge on any atom is 0.350 e. The molecule has 0 bridgehead atoms. The number of aromatic nitrogens is 1. The van der Waals surface area contributed by atoms with E-state index in [1.54, 1.807) is 49.4 Å². The largest absolute Gasteiger partial charge is 0.507 e. The SMILES string of the molecule is C=CCOC(=O)c1sc(N2C(=O)C(=O)/C(=C(/O)c3ccc(OCC)cc3)C2c2ccc(OCCC)c(OCC)c2)nc1C. The first-order chi connectivity index (χ1) is 20.7. The summed E-state index contributed by atoms with van der Waals surface area (Å²) in [5.41, 5.74) is 0.994. The maximum absolute atomic E-state index is 13.6. The van der Waals surface area contributed by atoms with E-state index in [9.17, 15) is 19.5 Å². The Hall–Kier alpha value is -4.64. The number of ether oxygens (including phenoxy) is 4. The Morgan fingerprint density at radius 2 is 1.77 bits per heavy atom. The number of thiazole rings is 1. The molecule has 1 aromatic heterocycles. The van der Waals surface area contributed by atoms with Crippen LogP contribution in [0.3, 0.4) is 0 Å². The lowest BCUT2D eigenvalue weighted by Crippen LogP contribution is -2.29. The van der Waals surface area contributed by atoms with Crippen LogP contribution in [0.1, 0.15) is 59.7 Å². The molecule has 1 aliphatic heterocycles. The fourth-order valence-corrected chi connectivity index (χ4v) is 5.53. The Morgan fingerprint density at radius 1 is 1.05 bits per heavy atom. The average molecular weight is 607 g/mol. The second kappa shape index (κ2) is 14.0. The van der Waals surface area contributed by atoms with Crippen LogP contribution < -0.4 is 19.1 Å². The molecular formula is C32H34N2O8S. The molecule has 1 aliphatic rings. The fourth-order valence-electron chi connectivity index (χ4n) is 4.55. The van der Waals surface area contributed by atoms with Crippen LogP contribution in [0.2, 0.25) is 0 Å². The topological polar surface area (TPSA) is 124 Å². The standard InChI is InChI=1S/C32H34N2O8S/c1-6-16-41-23-15-12-21(18-24(23)40-9-4)26-25(27(35)20-10-13-22(14-11-20)39-8-3)28(36)30(37)34(26)32-33-19(5)29(43-32)31(38)42-17-7-2/h7,10-15,18,26,35H,2,6,8-9,16-17H2,1,3-5H3/b27-25+. The molecular weight excluding hydrogens is 572 g/mol. The van der Waals surface area contributed by atoms with E-state index < -0.39 is 23.7 Å². The smallest absolute Gasteiger partial charge is 0.350 e. The van der Waals surface area contributed by atoms with Crippen molar-refractivity contribution in [3.63, 3.8) is 0 Å². The number of Topliss-reactive ketones (excluding diaryl/α,β-unsaturated/α-hetero) is 1. The van der Waals surface area contributed by atoms with E-state index in [1.165, 1.54) is 11.0 Å². The third kappa shape index (κ3) is 6.56. The predicted octanol–water partition coefficient (Wildman–Crippen LogP) is 6.01. The third-order valence-electron chi connectivity index (χ3n) is 6.44. The number of amides is 1. The van der Waals surface area contributed by atoms with Crippen molar-refractivity contribution < 1.29 is 38.4 Å². The minimum absolute atomic E-state index is 0.00473. The summed E-state index contributed by atoms with van der Waals surface area (Å²) in [6.45, 7) is 12.1. The molecule has 0 radical (unpaired) electrons. The van der Waals surface area contributed by atoms with Gasteiger partial charge in [-0.15, -0.1) is 0 Å². The molecule has 11 heteroatoms. The van der Waals surface area contributed by atoms with Gasteiger partial charge in [-0.1, -0.05) is 37.0 Å². The Balaban J connectivity index is 1.89. The molecule has 1 amide bonds. The Labute approximate surface area is 254 Å². The van der Waals surface area contributed by atoms with Crippen LogP contribution in [0, 0.1) is 6.92 Å². The van der Waals surface area contributed by atoms with Gasteiger partial charge in [-0.3, -0.25) is 14.5 Å². The highest BCUT2D eigenvalue weighted by Gasteiger charge is 2.48. The molecule has 10 nitrogen and oxygen atoms in total. The van der Waals surface area contributed by atoms with Gasteiger partial charge in [0.05, 0.1) is 37.1 Å². The van der Waals surface area contributed by atoms with E-state index in [0.717, 1.165) is 17.8 Å². The molecule has 0 saturated carbocycles. The summed E-state index contributed by atoms with van der Waals surface area (Å²) < 4.78 is 22.4. The van der Waals surface area contributed by atoms with Gasteiger partial charge in [-0.2, -0.15) is 0 Å². The monoisotopic (exact) mass is 606 g/mol. The number of hydrogen-bond acceptors (Lipinski definition) is 10. The summed E-state index contributed by atoms with van der Waals surface area (Å²) in [6, 6.07) is 10.6. The summed E-state index contributed by atoms with van der Waals surface area (Å²) in [6.07, 6.45) is 2.23. The highest BCUT2D eigenvalue weighted by molar-refractivity contribution is 7.17. The molecule has 3 aromatic rings. The Kier molecular flexibility index (Phi) is 10.2. The number of carbonyl (C=O) groups is 3. The number of ketones is 1. The summed E-state index contributed by atoms with van der Waals surface area (Å²) in [5.74, 6) is -1.27. The maximum atomic E-state index is 13.6. The van der Waals surface area contributed by atoms with Gasteiger partial charge in [0.1, 0.15) is 23.0 Å². The van der Waals surface area contributed by atoms with Crippen molar-refractivity contribution in [2.75, 3.05) is 31.3 Å². The molecule has 1 saturated heterocycles. The number of aliphatic hydroxyl groups is 1. The van der Waals surface area contributed by atoms with Crippen LogP contribution in [0.15, 0.2) is 60.7 Å². The Bertz CT molecular complexity index is 1540. The lowest BCUT2D eigenvalue weighted by Gasteiger charge is -2.24. The number of benzene rings is 2. The summed E-state index contributed by atoms with van der Waals surface area (Å²) in [4.78, 5) is 45.8.